The average Bonchev–Trinajstić information content (AvgIpc) is 3.22. The van der Waals surface area contributed by atoms with Gasteiger partial charge < -0.3 is 15.0 Å². The van der Waals surface area contributed by atoms with Crippen molar-refractivity contribution in [1.29, 1.82) is 0 Å². The molecule has 32 heavy (non-hydrogen) atoms. The number of anilines is 1. The van der Waals surface area contributed by atoms with Gasteiger partial charge in [0.15, 0.2) is 0 Å². The second-order valence-corrected chi connectivity index (χ2v) is 9.45. The van der Waals surface area contributed by atoms with Crippen molar-refractivity contribution < 1.29 is 9.53 Å². The summed E-state index contributed by atoms with van der Waals surface area (Å²) in [5, 5.41) is 4.85. The number of rotatable bonds is 4. The van der Waals surface area contributed by atoms with Gasteiger partial charge in [-0.2, -0.15) is 0 Å². The van der Waals surface area contributed by atoms with Crippen molar-refractivity contribution in [3.63, 3.8) is 0 Å². The van der Waals surface area contributed by atoms with Crippen LogP contribution < -0.4 is 10.1 Å². The number of hydrogen-bond donors (Lipinski definition) is 2. The molecule has 0 fully saturated rings. The second-order valence-electron chi connectivity index (χ2n) is 7.29. The maximum Gasteiger partial charge on any atom is 0.256 e. The predicted octanol–water partition coefficient (Wildman–Crippen LogP) is 7.01. The zero-order chi connectivity index (χ0) is 22.2. The predicted molar refractivity (Wildman–Crippen MR) is 140 cm³/mol. The number of carbonyl (C=O) groups excluding carboxylic acids is 1. The Morgan fingerprint density at radius 3 is 2.62 bits per heavy atom. The van der Waals surface area contributed by atoms with E-state index >= 15 is 0 Å². The molecule has 3 aromatic carbocycles. The molecule has 2 aromatic heterocycles. The molecule has 158 valence electrons. The van der Waals surface area contributed by atoms with Gasteiger partial charge in [0, 0.05) is 41.8 Å². The molecule has 5 rings (SSSR count). The number of carbonyl (C=O) groups is 1. The van der Waals surface area contributed by atoms with Crippen molar-refractivity contribution in [2.45, 2.75) is 0 Å². The van der Waals surface area contributed by atoms with Crippen molar-refractivity contribution in [1.82, 2.24) is 9.97 Å². The molecule has 0 spiro atoms. The van der Waals surface area contributed by atoms with E-state index in [0.717, 1.165) is 46.9 Å². The summed E-state index contributed by atoms with van der Waals surface area (Å²) in [6.07, 6.45) is 1.93. The van der Waals surface area contributed by atoms with E-state index in [1.807, 2.05) is 66.9 Å². The van der Waals surface area contributed by atoms with Crippen molar-refractivity contribution in [3.05, 3.63) is 86.5 Å². The van der Waals surface area contributed by atoms with Crippen LogP contribution in [0.3, 0.4) is 0 Å². The monoisotopic (exact) mass is 597 g/mol. The van der Waals surface area contributed by atoms with Crippen LogP contribution in [-0.4, -0.2) is 23.0 Å². The van der Waals surface area contributed by atoms with Crippen LogP contribution in [0.25, 0.3) is 33.1 Å². The lowest BCUT2D eigenvalue weighted by Gasteiger charge is -2.11. The molecule has 1 amide bonds. The van der Waals surface area contributed by atoms with E-state index in [1.54, 1.807) is 7.11 Å². The Bertz CT molecular complexity index is 1480. The summed E-state index contributed by atoms with van der Waals surface area (Å²) in [6, 6.07) is 21.1. The maximum atomic E-state index is 13.3. The molecule has 0 saturated carbocycles. The molecular weight excluding hydrogens is 581 g/mol. The van der Waals surface area contributed by atoms with E-state index in [2.05, 4.69) is 54.9 Å². The zero-order valence-corrected chi connectivity index (χ0v) is 20.7. The Balaban J connectivity index is 1.64. The SMILES string of the molecule is COc1ccc(NC(=O)c2cc(-c3c[nH]c4ccc(Br)cc34)nc3ccc(I)cc23)cc1. The number of nitrogens with zero attached hydrogens (tertiary/aromatic N) is 1. The van der Waals surface area contributed by atoms with Crippen LogP contribution in [0.1, 0.15) is 10.4 Å². The number of hydrogen-bond acceptors (Lipinski definition) is 3. The highest BCUT2D eigenvalue weighted by Gasteiger charge is 2.17. The van der Waals surface area contributed by atoms with Gasteiger partial charge >= 0.3 is 0 Å². The zero-order valence-electron chi connectivity index (χ0n) is 16.9. The fraction of sp³-hybridized carbons (Fsp3) is 0.0400. The number of nitrogens with one attached hydrogen (secondary N) is 2. The molecular formula is C25H17BrIN3O2. The minimum absolute atomic E-state index is 0.188. The molecule has 0 aliphatic rings. The van der Waals surface area contributed by atoms with Crippen molar-refractivity contribution >= 4 is 71.9 Å². The summed E-state index contributed by atoms with van der Waals surface area (Å²) >= 11 is 5.80. The first-order valence-corrected chi connectivity index (χ1v) is 11.7. The van der Waals surface area contributed by atoms with Crippen LogP contribution >= 0.6 is 38.5 Å². The molecule has 0 radical (unpaired) electrons. The number of H-pyrrole nitrogens is 1. The van der Waals surface area contributed by atoms with Crippen LogP contribution in [0, 0.1) is 3.57 Å². The Hall–Kier alpha value is -2.91. The number of halogens is 2. The van der Waals surface area contributed by atoms with Gasteiger partial charge in [-0.25, -0.2) is 4.98 Å². The largest absolute Gasteiger partial charge is 0.497 e. The highest BCUT2D eigenvalue weighted by molar-refractivity contribution is 14.1. The molecule has 2 N–H and O–H groups in total. The quantitative estimate of drug-likeness (QED) is 0.219. The highest BCUT2D eigenvalue weighted by Crippen LogP contribution is 2.33. The van der Waals surface area contributed by atoms with Crippen molar-refractivity contribution in [3.8, 4) is 17.0 Å². The maximum absolute atomic E-state index is 13.3. The van der Waals surface area contributed by atoms with Gasteiger partial charge in [0.1, 0.15) is 5.75 Å². The third kappa shape index (κ3) is 3.98. The minimum Gasteiger partial charge on any atom is -0.497 e. The molecule has 0 aliphatic heterocycles. The van der Waals surface area contributed by atoms with Crippen molar-refractivity contribution in [2.75, 3.05) is 12.4 Å². The first-order chi connectivity index (χ1) is 15.5. The van der Waals surface area contributed by atoms with E-state index < -0.39 is 0 Å². The van der Waals surface area contributed by atoms with Crippen LogP contribution in [0.5, 0.6) is 5.75 Å². The van der Waals surface area contributed by atoms with Crippen LogP contribution in [0.4, 0.5) is 5.69 Å². The molecule has 0 aliphatic carbocycles. The van der Waals surface area contributed by atoms with E-state index in [-0.39, 0.29) is 5.91 Å². The summed E-state index contributed by atoms with van der Waals surface area (Å²) < 4.78 is 7.23. The van der Waals surface area contributed by atoms with Gasteiger partial charge in [-0.1, -0.05) is 15.9 Å². The Labute approximate surface area is 206 Å². The standard InChI is InChI=1S/C25H17BrIN3O2/c1-32-17-6-4-16(5-7-17)29-25(31)20-12-24(30-23-9-3-15(27)11-19(20)23)21-13-28-22-8-2-14(26)10-18(21)22/h2-13,28H,1H3,(H,29,31). The molecule has 0 bridgehead atoms. The Morgan fingerprint density at radius 2 is 1.84 bits per heavy atom. The van der Waals surface area contributed by atoms with E-state index in [1.165, 1.54) is 0 Å². The van der Waals surface area contributed by atoms with E-state index in [0.29, 0.717) is 11.3 Å². The van der Waals surface area contributed by atoms with Gasteiger partial charge in [0.2, 0.25) is 0 Å². The number of aromatic amines is 1. The van der Waals surface area contributed by atoms with Crippen molar-refractivity contribution in [2.24, 2.45) is 0 Å². The van der Waals surface area contributed by atoms with Gasteiger partial charge in [-0.3, -0.25) is 4.79 Å². The fourth-order valence-electron chi connectivity index (χ4n) is 3.70. The number of benzene rings is 3. The number of fused-ring (bicyclic) bond motifs is 2. The highest BCUT2D eigenvalue weighted by atomic mass is 127. The number of ether oxygens (including phenoxy) is 1. The molecule has 0 unspecified atom stereocenters. The second kappa shape index (κ2) is 8.55. The molecule has 2 heterocycles. The van der Waals surface area contributed by atoms with Crippen LogP contribution in [0.15, 0.2) is 77.4 Å². The first kappa shape index (κ1) is 21.0. The normalized spacial score (nSPS) is 11.1. The smallest absolute Gasteiger partial charge is 0.256 e. The summed E-state index contributed by atoms with van der Waals surface area (Å²) in [5.41, 5.74) is 4.74. The fourth-order valence-corrected chi connectivity index (χ4v) is 4.55. The third-order valence-electron chi connectivity index (χ3n) is 5.28. The lowest BCUT2D eigenvalue weighted by molar-refractivity contribution is 0.102. The lowest BCUT2D eigenvalue weighted by atomic mass is 10.0. The number of aromatic nitrogens is 2. The molecule has 0 saturated heterocycles. The number of amides is 1. The third-order valence-corrected chi connectivity index (χ3v) is 6.45. The number of methoxy groups -OCH3 is 1. The summed E-state index contributed by atoms with van der Waals surface area (Å²) in [7, 11) is 1.61. The van der Waals surface area contributed by atoms with Gasteiger partial charge in [-0.15, -0.1) is 0 Å². The van der Waals surface area contributed by atoms with Gasteiger partial charge in [0.25, 0.3) is 5.91 Å². The minimum atomic E-state index is -0.188. The van der Waals surface area contributed by atoms with Crippen LogP contribution in [0.2, 0.25) is 0 Å². The average molecular weight is 598 g/mol. The molecule has 7 heteroatoms. The summed E-state index contributed by atoms with van der Waals surface area (Å²) in [4.78, 5) is 21.5. The number of pyridine rings is 1. The topological polar surface area (TPSA) is 67.0 Å². The molecule has 5 aromatic rings. The summed E-state index contributed by atoms with van der Waals surface area (Å²) in [6.45, 7) is 0. The van der Waals surface area contributed by atoms with Gasteiger partial charge in [-0.05, 0) is 89.3 Å². The van der Waals surface area contributed by atoms with Crippen LogP contribution in [-0.2, 0) is 0 Å². The van der Waals surface area contributed by atoms with E-state index in [4.69, 9.17) is 9.72 Å². The first-order valence-electron chi connectivity index (χ1n) is 9.84. The Kier molecular flexibility index (Phi) is 5.60. The lowest BCUT2D eigenvalue weighted by Crippen LogP contribution is -2.13. The molecule has 0 atom stereocenters. The Morgan fingerprint density at radius 1 is 1.03 bits per heavy atom. The van der Waals surface area contributed by atoms with Gasteiger partial charge in [0.05, 0.1) is 23.9 Å². The molecule has 5 nitrogen and oxygen atoms in total. The van der Waals surface area contributed by atoms with E-state index in [9.17, 15) is 4.79 Å². The summed E-state index contributed by atoms with van der Waals surface area (Å²) in [5.74, 6) is 0.548.